The Bertz CT molecular complexity index is 2020. The minimum Gasteiger partial charge on any atom is -0.319 e. The molecule has 0 aliphatic carbocycles. The molecule has 0 unspecified atom stereocenters. The van der Waals surface area contributed by atoms with Gasteiger partial charge in [-0.2, -0.15) is 0 Å². The number of fused-ring (bicyclic) bond motifs is 6. The predicted molar refractivity (Wildman–Crippen MR) is 148 cm³/mol. The van der Waals surface area contributed by atoms with E-state index in [1.807, 2.05) is 42.5 Å². The van der Waals surface area contributed by atoms with E-state index in [1.54, 1.807) is 0 Å². The quantitative estimate of drug-likeness (QED) is 0.230. The Hall–Kier alpha value is -5.32. The number of hydrogen-bond acceptors (Lipinski definition) is 0. The zero-order valence-corrected chi connectivity index (χ0v) is 19.2. The maximum Gasteiger partial charge on any atom is 0.210 e. The van der Waals surface area contributed by atoms with E-state index in [2.05, 4.69) is 85.6 Å². The van der Waals surface area contributed by atoms with Crippen molar-refractivity contribution in [3.05, 3.63) is 132 Å². The number of rotatable bonds is 2. The second-order valence-electron chi connectivity index (χ2n) is 8.82. The molecule has 0 amide bonds. The number of hydrogen-bond donors (Lipinski definition) is 0. The van der Waals surface area contributed by atoms with Crippen molar-refractivity contribution in [1.29, 1.82) is 0 Å². The summed E-state index contributed by atoms with van der Waals surface area (Å²) in [6, 6.07) is 36.9. The highest BCUT2D eigenvalue weighted by atomic mass is 15.0. The lowest BCUT2D eigenvalue weighted by Gasteiger charge is -2.11. The lowest BCUT2D eigenvalue weighted by Crippen LogP contribution is -1.95. The van der Waals surface area contributed by atoms with Gasteiger partial charge in [0.05, 0.1) is 40.9 Å². The lowest BCUT2D eigenvalue weighted by atomic mass is 10.1. The van der Waals surface area contributed by atoms with Crippen molar-refractivity contribution in [1.82, 2.24) is 9.13 Å². The molecule has 0 bridgehead atoms. The van der Waals surface area contributed by atoms with Crippen LogP contribution in [0.2, 0.25) is 0 Å². The third-order valence-corrected chi connectivity index (χ3v) is 6.94. The van der Waals surface area contributed by atoms with E-state index < -0.39 is 0 Å². The number of nitrogens with zero attached hydrogens (tertiary/aromatic N) is 4. The van der Waals surface area contributed by atoms with Gasteiger partial charge in [0, 0.05) is 21.8 Å². The van der Waals surface area contributed by atoms with Gasteiger partial charge in [0.15, 0.2) is 5.69 Å². The third kappa shape index (κ3) is 2.73. The summed E-state index contributed by atoms with van der Waals surface area (Å²) in [5, 5.41) is 4.49. The van der Waals surface area contributed by atoms with Crippen molar-refractivity contribution in [3.8, 4) is 11.4 Å². The normalized spacial score (nSPS) is 11.3. The zero-order chi connectivity index (χ0) is 24.2. The molecule has 0 spiro atoms. The molecule has 36 heavy (non-hydrogen) atoms. The molecule has 0 aliphatic rings. The van der Waals surface area contributed by atoms with Crippen LogP contribution in [0, 0.1) is 13.1 Å². The summed E-state index contributed by atoms with van der Waals surface area (Å²) in [6.45, 7) is 15.3. The van der Waals surface area contributed by atoms with Crippen molar-refractivity contribution >= 4 is 55.0 Å². The summed E-state index contributed by atoms with van der Waals surface area (Å²) < 4.78 is 4.44. The van der Waals surface area contributed by atoms with Gasteiger partial charge in [-0.05, 0) is 53.9 Å². The van der Waals surface area contributed by atoms with Gasteiger partial charge in [-0.3, -0.25) is 0 Å². The van der Waals surface area contributed by atoms with Crippen molar-refractivity contribution in [2.75, 3.05) is 0 Å². The first kappa shape index (κ1) is 20.1. The molecule has 7 aromatic rings. The molecule has 0 N–H and O–H groups in total. The molecule has 0 radical (unpaired) electrons. The van der Waals surface area contributed by atoms with Crippen molar-refractivity contribution in [2.45, 2.75) is 0 Å². The van der Waals surface area contributed by atoms with Crippen LogP contribution in [0.25, 0.3) is 64.7 Å². The molecular weight excluding hydrogens is 440 g/mol. The lowest BCUT2D eigenvalue weighted by molar-refractivity contribution is 1.17. The largest absolute Gasteiger partial charge is 0.319 e. The van der Waals surface area contributed by atoms with E-state index in [0.717, 1.165) is 44.2 Å². The topological polar surface area (TPSA) is 18.6 Å². The van der Waals surface area contributed by atoms with E-state index >= 15 is 0 Å². The Morgan fingerprint density at radius 2 is 1.06 bits per heavy atom. The van der Waals surface area contributed by atoms with E-state index in [1.165, 1.54) is 10.8 Å². The molecule has 7 rings (SSSR count). The van der Waals surface area contributed by atoms with Crippen LogP contribution in [0.4, 0.5) is 11.4 Å². The Morgan fingerprint density at radius 1 is 0.472 bits per heavy atom. The minimum absolute atomic E-state index is 0.594. The summed E-state index contributed by atoms with van der Waals surface area (Å²) in [6.07, 6.45) is 0. The number of para-hydroxylation sites is 4. The van der Waals surface area contributed by atoms with Crippen LogP contribution in [-0.2, 0) is 0 Å². The molecule has 4 nitrogen and oxygen atoms in total. The highest BCUT2D eigenvalue weighted by molar-refractivity contribution is 6.13. The van der Waals surface area contributed by atoms with Crippen LogP contribution < -0.4 is 0 Å². The van der Waals surface area contributed by atoms with Gasteiger partial charge in [0.2, 0.25) is 5.69 Å². The fourth-order valence-electron chi connectivity index (χ4n) is 5.42. The first-order valence-corrected chi connectivity index (χ1v) is 11.7. The average Bonchev–Trinajstić information content (AvgIpc) is 3.45. The summed E-state index contributed by atoms with van der Waals surface area (Å²) in [7, 11) is 0. The first-order valence-electron chi connectivity index (χ1n) is 11.7. The minimum atomic E-state index is 0.594. The molecule has 0 atom stereocenters. The van der Waals surface area contributed by atoms with Crippen LogP contribution in [0.15, 0.2) is 109 Å². The van der Waals surface area contributed by atoms with E-state index in [-0.39, 0.29) is 0 Å². The summed E-state index contributed by atoms with van der Waals surface area (Å²) >= 11 is 0. The molecule has 166 valence electrons. The first-order chi connectivity index (χ1) is 17.8. The third-order valence-electron chi connectivity index (χ3n) is 6.94. The van der Waals surface area contributed by atoms with Gasteiger partial charge in [-0.15, -0.1) is 0 Å². The van der Waals surface area contributed by atoms with E-state index in [4.69, 9.17) is 13.1 Å². The summed E-state index contributed by atoms with van der Waals surface area (Å²) in [5.74, 6) is 0. The average molecular weight is 459 g/mol. The van der Waals surface area contributed by atoms with Crippen LogP contribution in [0.3, 0.4) is 0 Å². The standard InChI is InChI=1S/C32H18N4/c1-33-21-15-17-30-25(19-21)26-20-22(16-18-31(26)36(30)32-14-8-5-11-27(32)34-2)35-28-12-6-3-9-23(28)24-10-4-7-13-29(24)35/h3-20H. The monoisotopic (exact) mass is 458 g/mol. The smallest absolute Gasteiger partial charge is 0.210 e. The van der Waals surface area contributed by atoms with Gasteiger partial charge >= 0.3 is 0 Å². The summed E-state index contributed by atoms with van der Waals surface area (Å²) in [5.41, 5.74) is 7.39. The SMILES string of the molecule is [C-]#[N+]c1ccc2c(c1)c1cc(-n3c4ccccc4c4ccccc43)ccc1n2-c1ccccc1[N+]#[C-]. The Kier molecular flexibility index (Phi) is 4.24. The second-order valence-corrected chi connectivity index (χ2v) is 8.82. The molecule has 2 heterocycles. The molecule has 0 aliphatic heterocycles. The van der Waals surface area contributed by atoms with Gasteiger partial charge in [-0.1, -0.05) is 60.7 Å². The molecule has 2 aromatic heterocycles. The van der Waals surface area contributed by atoms with Gasteiger partial charge in [0.1, 0.15) is 0 Å². The fraction of sp³-hybridized carbons (Fsp3) is 0. The van der Waals surface area contributed by atoms with E-state index in [0.29, 0.717) is 11.4 Å². The highest BCUT2D eigenvalue weighted by Gasteiger charge is 2.17. The number of aromatic nitrogens is 2. The number of benzene rings is 5. The van der Waals surface area contributed by atoms with E-state index in [9.17, 15) is 0 Å². The molecular formula is C32H18N4. The second kappa shape index (κ2) is 7.60. The summed E-state index contributed by atoms with van der Waals surface area (Å²) in [4.78, 5) is 7.46. The fourth-order valence-corrected chi connectivity index (χ4v) is 5.42. The molecule has 0 saturated heterocycles. The molecule has 5 aromatic carbocycles. The molecule has 0 fully saturated rings. The Morgan fingerprint density at radius 3 is 1.75 bits per heavy atom. The van der Waals surface area contributed by atoms with Crippen molar-refractivity contribution in [2.24, 2.45) is 0 Å². The predicted octanol–water partition coefficient (Wildman–Crippen LogP) is 8.98. The Balaban J connectivity index is 1.61. The van der Waals surface area contributed by atoms with Gasteiger partial charge in [-0.25, -0.2) is 9.69 Å². The van der Waals surface area contributed by atoms with Gasteiger partial charge in [0.25, 0.3) is 0 Å². The van der Waals surface area contributed by atoms with Crippen LogP contribution in [0.5, 0.6) is 0 Å². The van der Waals surface area contributed by atoms with Gasteiger partial charge < -0.3 is 9.13 Å². The molecule has 4 heteroatoms. The van der Waals surface area contributed by atoms with Crippen molar-refractivity contribution in [3.63, 3.8) is 0 Å². The van der Waals surface area contributed by atoms with Crippen molar-refractivity contribution < 1.29 is 0 Å². The van der Waals surface area contributed by atoms with Crippen LogP contribution in [-0.4, -0.2) is 9.13 Å². The van der Waals surface area contributed by atoms with Crippen LogP contribution >= 0.6 is 0 Å². The maximum atomic E-state index is 7.72. The van der Waals surface area contributed by atoms with Crippen LogP contribution in [0.1, 0.15) is 0 Å². The maximum absolute atomic E-state index is 7.72. The molecule has 0 saturated carbocycles. The zero-order valence-electron chi connectivity index (χ0n) is 19.2. The highest BCUT2D eigenvalue weighted by Crippen LogP contribution is 2.39. The Labute approximate surface area is 207 Å².